The van der Waals surface area contributed by atoms with Crippen molar-refractivity contribution in [3.05, 3.63) is 18.5 Å². The molecule has 2 aliphatic heterocycles. The molecule has 2 saturated heterocycles. The molecule has 1 aromatic heterocycles. The van der Waals surface area contributed by atoms with Crippen molar-refractivity contribution in [3.63, 3.8) is 0 Å². The zero-order valence-electron chi connectivity index (χ0n) is 10.8. The maximum atomic E-state index is 11.4. The Balaban J connectivity index is 1.45. The minimum atomic E-state index is 0.296. The molecule has 5 heteroatoms. The average molecular weight is 248 g/mol. The molecular formula is C13H20N4O. The number of likely N-dealkylation sites (tertiary alicyclic amines) is 2. The molecule has 18 heavy (non-hydrogen) atoms. The van der Waals surface area contributed by atoms with Crippen molar-refractivity contribution in [3.8, 4) is 0 Å². The molecule has 3 rings (SSSR count). The molecule has 1 unspecified atom stereocenters. The van der Waals surface area contributed by atoms with Crippen molar-refractivity contribution in [1.29, 1.82) is 0 Å². The van der Waals surface area contributed by atoms with Crippen LogP contribution in [-0.2, 0) is 4.79 Å². The maximum Gasteiger partial charge on any atom is 0.222 e. The van der Waals surface area contributed by atoms with Gasteiger partial charge in [-0.25, -0.2) is 0 Å². The molecule has 3 heterocycles. The first-order valence-electron chi connectivity index (χ1n) is 6.68. The molecule has 0 aromatic carbocycles. The van der Waals surface area contributed by atoms with Gasteiger partial charge in [-0.2, -0.15) is 5.10 Å². The first-order chi connectivity index (χ1) is 8.72. The van der Waals surface area contributed by atoms with E-state index in [1.807, 2.05) is 35.1 Å². The van der Waals surface area contributed by atoms with Crippen molar-refractivity contribution < 1.29 is 4.79 Å². The van der Waals surface area contributed by atoms with E-state index in [1.165, 1.54) is 0 Å². The van der Waals surface area contributed by atoms with Gasteiger partial charge >= 0.3 is 0 Å². The summed E-state index contributed by atoms with van der Waals surface area (Å²) < 4.78 is 2.05. The molecule has 1 aromatic rings. The second kappa shape index (κ2) is 4.72. The predicted molar refractivity (Wildman–Crippen MR) is 68.1 cm³/mol. The minimum absolute atomic E-state index is 0.296. The fourth-order valence-electron chi connectivity index (χ4n) is 2.97. The normalized spacial score (nSPS) is 26.4. The van der Waals surface area contributed by atoms with Gasteiger partial charge in [0.15, 0.2) is 0 Å². The molecule has 0 spiro atoms. The zero-order valence-corrected chi connectivity index (χ0v) is 10.8. The average Bonchev–Trinajstić information content (AvgIpc) is 2.81. The van der Waals surface area contributed by atoms with Crippen molar-refractivity contribution in [2.75, 3.05) is 33.2 Å². The molecule has 0 aliphatic carbocycles. The highest BCUT2D eigenvalue weighted by Gasteiger charge is 2.32. The number of carbonyl (C=O) groups is 1. The highest BCUT2D eigenvalue weighted by molar-refractivity contribution is 5.76. The van der Waals surface area contributed by atoms with E-state index in [1.54, 1.807) is 0 Å². The summed E-state index contributed by atoms with van der Waals surface area (Å²) in [5.74, 6) is 0.940. The van der Waals surface area contributed by atoms with Crippen LogP contribution in [0.25, 0.3) is 0 Å². The molecule has 0 radical (unpaired) electrons. The minimum Gasteiger partial charge on any atom is -0.345 e. The molecule has 0 saturated carbocycles. The van der Waals surface area contributed by atoms with Crippen LogP contribution in [0.3, 0.4) is 0 Å². The van der Waals surface area contributed by atoms with Crippen LogP contribution in [0.15, 0.2) is 18.5 Å². The van der Waals surface area contributed by atoms with Gasteiger partial charge in [-0.15, -0.1) is 0 Å². The van der Waals surface area contributed by atoms with Gasteiger partial charge in [0.25, 0.3) is 0 Å². The van der Waals surface area contributed by atoms with Crippen LogP contribution in [0.4, 0.5) is 0 Å². The quantitative estimate of drug-likeness (QED) is 0.787. The Morgan fingerprint density at radius 3 is 2.89 bits per heavy atom. The van der Waals surface area contributed by atoms with Crippen molar-refractivity contribution in [2.45, 2.75) is 18.9 Å². The van der Waals surface area contributed by atoms with Gasteiger partial charge in [-0.05, 0) is 18.4 Å². The van der Waals surface area contributed by atoms with E-state index >= 15 is 0 Å². The molecule has 0 N–H and O–H groups in total. The van der Waals surface area contributed by atoms with E-state index in [-0.39, 0.29) is 0 Å². The summed E-state index contributed by atoms with van der Waals surface area (Å²) in [6.45, 7) is 4.23. The molecule has 98 valence electrons. The number of nitrogens with zero attached hydrogens (tertiary/aromatic N) is 4. The lowest BCUT2D eigenvalue weighted by Gasteiger charge is -2.42. The first-order valence-corrected chi connectivity index (χ1v) is 6.68. The number of amides is 1. The Hall–Kier alpha value is -1.36. The topological polar surface area (TPSA) is 41.4 Å². The second-order valence-corrected chi connectivity index (χ2v) is 5.54. The summed E-state index contributed by atoms with van der Waals surface area (Å²) in [4.78, 5) is 15.8. The van der Waals surface area contributed by atoms with Crippen LogP contribution in [0.5, 0.6) is 0 Å². The Kier molecular flexibility index (Phi) is 3.07. The van der Waals surface area contributed by atoms with Gasteiger partial charge in [0.1, 0.15) is 0 Å². The third kappa shape index (κ3) is 2.27. The number of piperidine rings is 1. The molecule has 2 fully saturated rings. The highest BCUT2D eigenvalue weighted by Crippen LogP contribution is 2.24. The third-order valence-corrected chi connectivity index (χ3v) is 4.08. The van der Waals surface area contributed by atoms with Crippen LogP contribution < -0.4 is 0 Å². The standard InChI is InChI=1S/C13H20N4O/c1-15-7-11(3-4-13(15)18)8-16-9-12(10-16)17-6-2-5-14-17/h2,5-6,11-12H,3-4,7-10H2,1H3. The van der Waals surface area contributed by atoms with E-state index in [0.29, 0.717) is 17.9 Å². The van der Waals surface area contributed by atoms with Crippen molar-refractivity contribution >= 4 is 5.91 Å². The van der Waals surface area contributed by atoms with Gasteiger partial charge in [-0.3, -0.25) is 14.4 Å². The third-order valence-electron chi connectivity index (χ3n) is 4.08. The number of carbonyl (C=O) groups excluding carboxylic acids is 1. The largest absolute Gasteiger partial charge is 0.345 e. The molecular weight excluding hydrogens is 228 g/mol. The van der Waals surface area contributed by atoms with E-state index in [0.717, 1.165) is 39.0 Å². The predicted octanol–water partition coefficient (Wildman–Crippen LogP) is 0.608. The van der Waals surface area contributed by atoms with E-state index in [4.69, 9.17) is 0 Å². The number of hydrogen-bond donors (Lipinski definition) is 0. The maximum absolute atomic E-state index is 11.4. The fourth-order valence-corrected chi connectivity index (χ4v) is 2.97. The molecule has 1 atom stereocenters. The summed E-state index contributed by atoms with van der Waals surface area (Å²) in [7, 11) is 1.91. The summed E-state index contributed by atoms with van der Waals surface area (Å²) in [6.07, 6.45) is 5.64. The van der Waals surface area contributed by atoms with Crippen molar-refractivity contribution in [2.24, 2.45) is 5.92 Å². The highest BCUT2D eigenvalue weighted by atomic mass is 16.2. The smallest absolute Gasteiger partial charge is 0.222 e. The van der Waals surface area contributed by atoms with Gasteiger partial charge in [0, 0.05) is 52.0 Å². The zero-order chi connectivity index (χ0) is 12.5. The fraction of sp³-hybridized carbons (Fsp3) is 0.692. The van der Waals surface area contributed by atoms with E-state index < -0.39 is 0 Å². The number of aromatic nitrogens is 2. The monoisotopic (exact) mass is 248 g/mol. The van der Waals surface area contributed by atoms with Crippen LogP contribution in [0, 0.1) is 5.92 Å². The van der Waals surface area contributed by atoms with Crippen LogP contribution >= 0.6 is 0 Å². The Bertz CT molecular complexity index is 411. The first kappa shape index (κ1) is 11.7. The lowest BCUT2D eigenvalue weighted by molar-refractivity contribution is -0.133. The lowest BCUT2D eigenvalue weighted by atomic mass is 9.95. The Morgan fingerprint density at radius 2 is 2.22 bits per heavy atom. The van der Waals surface area contributed by atoms with Gasteiger partial charge in [0.05, 0.1) is 6.04 Å². The summed E-state index contributed by atoms with van der Waals surface area (Å²) in [5.41, 5.74) is 0. The molecule has 5 nitrogen and oxygen atoms in total. The summed E-state index contributed by atoms with van der Waals surface area (Å²) in [5, 5.41) is 4.28. The molecule has 2 aliphatic rings. The Labute approximate surface area is 107 Å². The SMILES string of the molecule is CN1CC(CN2CC(n3cccn3)C2)CCC1=O. The van der Waals surface area contributed by atoms with E-state index in [9.17, 15) is 4.79 Å². The number of rotatable bonds is 3. The molecule has 0 bridgehead atoms. The van der Waals surface area contributed by atoms with Gasteiger partial charge < -0.3 is 4.90 Å². The van der Waals surface area contributed by atoms with Crippen molar-refractivity contribution in [1.82, 2.24) is 19.6 Å². The van der Waals surface area contributed by atoms with Crippen LogP contribution in [0.1, 0.15) is 18.9 Å². The van der Waals surface area contributed by atoms with Gasteiger partial charge in [0.2, 0.25) is 5.91 Å². The Morgan fingerprint density at radius 1 is 1.39 bits per heavy atom. The summed E-state index contributed by atoms with van der Waals surface area (Å²) >= 11 is 0. The van der Waals surface area contributed by atoms with E-state index in [2.05, 4.69) is 10.00 Å². The van der Waals surface area contributed by atoms with Crippen LogP contribution in [0.2, 0.25) is 0 Å². The second-order valence-electron chi connectivity index (χ2n) is 5.54. The summed E-state index contributed by atoms with van der Waals surface area (Å²) in [6, 6.07) is 2.52. The van der Waals surface area contributed by atoms with Gasteiger partial charge in [-0.1, -0.05) is 0 Å². The number of hydrogen-bond acceptors (Lipinski definition) is 3. The van der Waals surface area contributed by atoms with Crippen LogP contribution in [-0.4, -0.2) is 58.7 Å². The lowest BCUT2D eigenvalue weighted by Crippen LogP contribution is -2.51. The molecule has 1 amide bonds.